The van der Waals surface area contributed by atoms with Gasteiger partial charge in [-0.25, -0.2) is 4.79 Å². The van der Waals surface area contributed by atoms with Crippen LogP contribution in [0.15, 0.2) is 42.5 Å². The Labute approximate surface area is 231 Å². The molecule has 5 aromatic rings. The summed E-state index contributed by atoms with van der Waals surface area (Å²) in [6, 6.07) is 13.8. The average molecular weight is 558 g/mol. The third-order valence-electron chi connectivity index (χ3n) is 9.16. The fourth-order valence-corrected chi connectivity index (χ4v) is 8.12. The minimum atomic E-state index is -1.98. The van der Waals surface area contributed by atoms with Crippen LogP contribution in [0.3, 0.4) is 0 Å². The van der Waals surface area contributed by atoms with Crippen LogP contribution in [0.25, 0.3) is 43.6 Å². The lowest BCUT2D eigenvalue weighted by Gasteiger charge is -2.37. The van der Waals surface area contributed by atoms with E-state index in [1.165, 1.54) is 7.11 Å². The molecule has 1 amide bonds. The highest BCUT2D eigenvalue weighted by Crippen LogP contribution is 2.57. The van der Waals surface area contributed by atoms with E-state index in [-0.39, 0.29) is 12.3 Å². The Balaban J connectivity index is 1.63. The molecular weight excluding hydrogens is 530 g/mol. The van der Waals surface area contributed by atoms with Gasteiger partial charge in [0.15, 0.2) is 5.72 Å². The van der Waals surface area contributed by atoms with Gasteiger partial charge in [-0.3, -0.25) is 9.00 Å². The Morgan fingerprint density at radius 1 is 1.18 bits per heavy atom. The predicted molar refractivity (Wildman–Crippen MR) is 151 cm³/mol. The molecule has 0 radical (unpaired) electrons. The number of hydrogen-bond donors (Lipinski definition) is 2. The predicted octanol–water partition coefficient (Wildman–Crippen LogP) is 3.92. The molecule has 2 aromatic heterocycles. The van der Waals surface area contributed by atoms with Crippen LogP contribution in [-0.4, -0.2) is 48.8 Å². The third-order valence-corrected chi connectivity index (χ3v) is 10.5. The number of aromatic nitrogens is 2. The molecule has 0 saturated carbocycles. The SMILES string of the molecule is CCS(=O)Cc1ccc2c(c1)c1c3c(c4c5ccccc5n5c4c1n2C1CC(O)(C(=O)OC)C5(C)O1)CNC3=O. The largest absolute Gasteiger partial charge is 0.467 e. The van der Waals surface area contributed by atoms with Crippen molar-refractivity contribution in [1.29, 1.82) is 0 Å². The second-order valence-electron chi connectivity index (χ2n) is 11.0. The normalized spacial score (nSPS) is 25.7. The Morgan fingerprint density at radius 2 is 1.98 bits per heavy atom. The third kappa shape index (κ3) is 2.62. The molecule has 4 atom stereocenters. The molecule has 3 aliphatic rings. The second-order valence-corrected chi connectivity index (χ2v) is 12.8. The van der Waals surface area contributed by atoms with Crippen molar-refractivity contribution in [3.63, 3.8) is 0 Å². The van der Waals surface area contributed by atoms with E-state index in [9.17, 15) is 18.9 Å². The van der Waals surface area contributed by atoms with E-state index in [1.807, 2.05) is 58.5 Å². The van der Waals surface area contributed by atoms with Crippen molar-refractivity contribution >= 4 is 66.3 Å². The number of methoxy groups -OCH3 is 1. The number of carbonyl (C=O) groups is 2. The van der Waals surface area contributed by atoms with E-state index in [0.29, 0.717) is 23.6 Å². The lowest BCUT2D eigenvalue weighted by molar-refractivity contribution is -0.202. The molecule has 5 heterocycles. The van der Waals surface area contributed by atoms with Gasteiger partial charge in [0.05, 0.1) is 34.7 Å². The Morgan fingerprint density at radius 3 is 2.75 bits per heavy atom. The van der Waals surface area contributed by atoms with Gasteiger partial charge in [0.2, 0.25) is 5.60 Å². The van der Waals surface area contributed by atoms with Gasteiger partial charge in [0, 0.05) is 56.8 Å². The van der Waals surface area contributed by atoms with Crippen LogP contribution in [0.2, 0.25) is 0 Å². The zero-order valence-electron chi connectivity index (χ0n) is 22.2. The number of rotatable bonds is 4. The van der Waals surface area contributed by atoms with Gasteiger partial charge < -0.3 is 29.0 Å². The average Bonchev–Trinajstić information content (AvgIpc) is 3.65. The minimum absolute atomic E-state index is 0.0343. The number of hydrogen-bond acceptors (Lipinski definition) is 6. The first-order chi connectivity index (χ1) is 19.2. The Hall–Kier alpha value is -3.73. The molecule has 204 valence electrons. The van der Waals surface area contributed by atoms with E-state index in [2.05, 4.69) is 5.32 Å². The van der Waals surface area contributed by atoms with Crippen molar-refractivity contribution in [2.45, 2.75) is 50.1 Å². The molecule has 2 bridgehead atoms. The fraction of sp³-hybridized carbons (Fsp3) is 0.333. The zero-order chi connectivity index (χ0) is 27.7. The zero-order valence-corrected chi connectivity index (χ0v) is 23.1. The Kier molecular flexibility index (Phi) is 4.65. The maximum Gasteiger partial charge on any atom is 0.343 e. The first-order valence-corrected chi connectivity index (χ1v) is 14.9. The molecule has 3 aliphatic heterocycles. The van der Waals surface area contributed by atoms with E-state index >= 15 is 0 Å². The first-order valence-electron chi connectivity index (χ1n) is 13.4. The van der Waals surface area contributed by atoms with Gasteiger partial charge in [-0.2, -0.15) is 0 Å². The van der Waals surface area contributed by atoms with Crippen LogP contribution in [0.1, 0.15) is 48.0 Å². The van der Waals surface area contributed by atoms with Gasteiger partial charge in [-0.1, -0.05) is 31.2 Å². The maximum absolute atomic E-state index is 13.5. The molecule has 3 aromatic carbocycles. The van der Waals surface area contributed by atoms with E-state index in [0.717, 1.165) is 54.7 Å². The number of esters is 1. The molecule has 0 spiro atoms. The summed E-state index contributed by atoms with van der Waals surface area (Å²) in [6.45, 7) is 4.00. The van der Waals surface area contributed by atoms with E-state index < -0.39 is 34.3 Å². The smallest absolute Gasteiger partial charge is 0.343 e. The van der Waals surface area contributed by atoms with Crippen LogP contribution in [0.4, 0.5) is 0 Å². The number of carbonyl (C=O) groups excluding carboxylic acids is 2. The number of benzene rings is 3. The summed E-state index contributed by atoms with van der Waals surface area (Å²) < 4.78 is 28.3. The van der Waals surface area contributed by atoms with Crippen molar-refractivity contribution in [2.75, 3.05) is 12.9 Å². The molecule has 8 rings (SSSR count). The van der Waals surface area contributed by atoms with Crippen LogP contribution in [0.5, 0.6) is 0 Å². The summed E-state index contributed by atoms with van der Waals surface area (Å²) in [7, 11) is 0.265. The summed E-state index contributed by atoms with van der Waals surface area (Å²) in [5.41, 5.74) is 2.19. The summed E-state index contributed by atoms with van der Waals surface area (Å²) in [4.78, 5) is 26.8. The van der Waals surface area contributed by atoms with Gasteiger partial charge >= 0.3 is 5.97 Å². The molecule has 4 unspecified atom stereocenters. The standard InChI is InChI=1S/C30H27N3O6S/c1-4-40(37)14-15-9-10-19-17(11-15)23-24-18(13-31-27(24)34)22-16-7-5-6-8-20(16)33-26(22)25(23)32(19)21-12-30(36,28(35)38-3)29(33,2)39-21/h5-11,21,36H,4,12-14H2,1-3H3,(H,31,34). The lowest BCUT2D eigenvalue weighted by atomic mass is 9.88. The first kappa shape index (κ1) is 24.1. The molecule has 1 saturated heterocycles. The van der Waals surface area contributed by atoms with Crippen molar-refractivity contribution in [2.24, 2.45) is 0 Å². The monoisotopic (exact) mass is 557 g/mol. The van der Waals surface area contributed by atoms with E-state index in [4.69, 9.17) is 9.47 Å². The molecule has 2 N–H and O–H groups in total. The van der Waals surface area contributed by atoms with Gasteiger partial charge in [-0.15, -0.1) is 0 Å². The summed E-state index contributed by atoms with van der Waals surface area (Å²) in [6.07, 6.45) is -0.748. The molecule has 40 heavy (non-hydrogen) atoms. The maximum atomic E-state index is 13.5. The fourth-order valence-electron chi connectivity index (χ4n) is 7.37. The number of nitrogens with one attached hydrogen (secondary N) is 1. The van der Waals surface area contributed by atoms with Gasteiger partial charge in [0.1, 0.15) is 6.23 Å². The molecule has 1 fully saturated rings. The quantitative estimate of drug-likeness (QED) is 0.324. The number of ether oxygens (including phenoxy) is 2. The molecule has 9 nitrogen and oxygen atoms in total. The van der Waals surface area contributed by atoms with Crippen LogP contribution in [-0.2, 0) is 43.1 Å². The van der Waals surface area contributed by atoms with Crippen molar-refractivity contribution < 1.29 is 28.4 Å². The van der Waals surface area contributed by atoms with Crippen LogP contribution < -0.4 is 5.32 Å². The van der Waals surface area contributed by atoms with Crippen LogP contribution in [0, 0.1) is 0 Å². The van der Waals surface area contributed by atoms with Crippen molar-refractivity contribution in [3.8, 4) is 0 Å². The number of para-hydroxylation sites is 1. The molecule has 0 aliphatic carbocycles. The van der Waals surface area contributed by atoms with Crippen molar-refractivity contribution in [1.82, 2.24) is 14.5 Å². The minimum Gasteiger partial charge on any atom is -0.467 e. The lowest BCUT2D eigenvalue weighted by Crippen LogP contribution is -2.56. The highest BCUT2D eigenvalue weighted by molar-refractivity contribution is 7.84. The van der Waals surface area contributed by atoms with Gasteiger partial charge in [0.25, 0.3) is 5.91 Å². The topological polar surface area (TPSA) is 112 Å². The van der Waals surface area contributed by atoms with Crippen LogP contribution >= 0.6 is 0 Å². The Bertz CT molecular complexity index is 2020. The van der Waals surface area contributed by atoms with Crippen molar-refractivity contribution in [3.05, 3.63) is 59.2 Å². The number of amides is 1. The van der Waals surface area contributed by atoms with Gasteiger partial charge in [-0.05, 0) is 36.2 Å². The summed E-state index contributed by atoms with van der Waals surface area (Å²) in [5.74, 6) is 0.0690. The molecule has 10 heteroatoms. The highest BCUT2D eigenvalue weighted by atomic mass is 32.2. The summed E-state index contributed by atoms with van der Waals surface area (Å²) in [5, 5.41) is 18.6. The number of fused-ring (bicyclic) bond motifs is 13. The number of nitrogens with zero attached hydrogens (tertiary/aromatic N) is 2. The highest BCUT2D eigenvalue weighted by Gasteiger charge is 2.65. The summed E-state index contributed by atoms with van der Waals surface area (Å²) >= 11 is 0. The number of aliphatic hydroxyl groups is 1. The molecular formula is C30H27N3O6S. The second kappa shape index (κ2) is 7.72. The van der Waals surface area contributed by atoms with E-state index in [1.54, 1.807) is 6.92 Å².